The third-order valence-corrected chi connectivity index (χ3v) is 3.93. The van der Waals surface area contributed by atoms with Crippen molar-refractivity contribution in [2.24, 2.45) is 4.99 Å². The zero-order chi connectivity index (χ0) is 17.1. The molecule has 0 spiro atoms. The lowest BCUT2D eigenvalue weighted by Gasteiger charge is -2.11. The Labute approximate surface area is 166 Å². The Morgan fingerprint density at radius 1 is 1.29 bits per heavy atom. The van der Waals surface area contributed by atoms with Gasteiger partial charge in [0.05, 0.1) is 25.5 Å². The van der Waals surface area contributed by atoms with Crippen LogP contribution in [-0.2, 0) is 21.1 Å². The maximum atomic E-state index is 11.0. The highest BCUT2D eigenvalue weighted by molar-refractivity contribution is 14.0. The molecule has 0 heterocycles. The minimum absolute atomic E-state index is 0. The summed E-state index contributed by atoms with van der Waals surface area (Å²) in [6, 6.07) is 7.56. The Bertz CT molecular complexity index is 612. The molecule has 24 heavy (non-hydrogen) atoms. The number of sulfone groups is 1. The van der Waals surface area contributed by atoms with Crippen LogP contribution in [0.5, 0.6) is 0 Å². The summed E-state index contributed by atoms with van der Waals surface area (Å²) >= 11 is 5.95. The molecule has 6 nitrogen and oxygen atoms in total. The van der Waals surface area contributed by atoms with Gasteiger partial charge in [-0.25, -0.2) is 13.4 Å². The summed E-state index contributed by atoms with van der Waals surface area (Å²) in [5, 5.41) is 6.96. The summed E-state index contributed by atoms with van der Waals surface area (Å²) in [5.41, 5.74) is 1.03. The molecule has 2 N–H and O–H groups in total. The van der Waals surface area contributed by atoms with Gasteiger partial charge in [0.15, 0.2) is 5.96 Å². The maximum Gasteiger partial charge on any atom is 0.191 e. The molecular weight excluding hydrogens is 465 g/mol. The van der Waals surface area contributed by atoms with E-state index in [9.17, 15) is 8.42 Å². The van der Waals surface area contributed by atoms with Crippen LogP contribution in [0.4, 0.5) is 0 Å². The molecule has 0 aliphatic carbocycles. The zero-order valence-electron chi connectivity index (χ0n) is 13.9. The summed E-state index contributed by atoms with van der Waals surface area (Å²) in [6.07, 6.45) is 1.19. The molecule has 0 fully saturated rings. The number of benzene rings is 1. The lowest BCUT2D eigenvalue weighted by atomic mass is 10.2. The van der Waals surface area contributed by atoms with E-state index in [4.69, 9.17) is 16.3 Å². The van der Waals surface area contributed by atoms with E-state index in [1.165, 1.54) is 6.26 Å². The first-order valence-electron chi connectivity index (χ1n) is 7.43. The zero-order valence-corrected chi connectivity index (χ0v) is 17.8. The normalized spacial score (nSPS) is 11.7. The molecule has 0 amide bonds. The number of ether oxygens (including phenoxy) is 1. The first-order chi connectivity index (χ1) is 10.9. The van der Waals surface area contributed by atoms with Crippen LogP contribution in [0.1, 0.15) is 12.5 Å². The van der Waals surface area contributed by atoms with Gasteiger partial charge in [-0.2, -0.15) is 0 Å². The number of guanidine groups is 1. The van der Waals surface area contributed by atoms with Crippen LogP contribution in [0.2, 0.25) is 5.02 Å². The quantitative estimate of drug-likeness (QED) is 0.240. The average molecular weight is 490 g/mol. The van der Waals surface area contributed by atoms with Crippen LogP contribution >= 0.6 is 35.6 Å². The fraction of sp³-hybridized carbons (Fsp3) is 0.533. The van der Waals surface area contributed by atoms with Gasteiger partial charge >= 0.3 is 0 Å². The van der Waals surface area contributed by atoms with Crippen molar-refractivity contribution >= 4 is 51.4 Å². The highest BCUT2D eigenvalue weighted by Gasteiger charge is 2.02. The Morgan fingerprint density at radius 3 is 2.67 bits per heavy atom. The predicted molar refractivity (Wildman–Crippen MR) is 110 cm³/mol. The monoisotopic (exact) mass is 489 g/mol. The second-order valence-electron chi connectivity index (χ2n) is 4.99. The second-order valence-corrected chi connectivity index (χ2v) is 7.69. The Hall–Kier alpha value is -0.580. The van der Waals surface area contributed by atoms with Gasteiger partial charge in [0.2, 0.25) is 0 Å². The van der Waals surface area contributed by atoms with Crippen molar-refractivity contribution in [2.45, 2.75) is 13.5 Å². The second kappa shape index (κ2) is 12.7. The lowest BCUT2D eigenvalue weighted by molar-refractivity contribution is 0.154. The topological polar surface area (TPSA) is 79.8 Å². The molecular formula is C15H25ClIN3O3S. The van der Waals surface area contributed by atoms with Gasteiger partial charge in [-0.05, 0) is 24.6 Å². The van der Waals surface area contributed by atoms with Crippen LogP contribution in [0.25, 0.3) is 0 Å². The maximum absolute atomic E-state index is 11.0. The third-order valence-electron chi connectivity index (χ3n) is 2.79. The van der Waals surface area contributed by atoms with Crippen molar-refractivity contribution in [1.29, 1.82) is 0 Å². The first kappa shape index (κ1) is 23.4. The Kier molecular flexibility index (Phi) is 12.4. The number of hydrogen-bond acceptors (Lipinski definition) is 4. The van der Waals surface area contributed by atoms with Gasteiger partial charge in [-0.1, -0.05) is 23.7 Å². The van der Waals surface area contributed by atoms with Gasteiger partial charge < -0.3 is 15.4 Å². The molecule has 0 saturated heterocycles. The number of aliphatic imine (C=N–C) groups is 1. The van der Waals surface area contributed by atoms with E-state index < -0.39 is 9.84 Å². The van der Waals surface area contributed by atoms with E-state index in [1.807, 2.05) is 31.2 Å². The number of nitrogens with one attached hydrogen (secondary N) is 2. The molecule has 0 aromatic heterocycles. The van der Waals surface area contributed by atoms with Crippen molar-refractivity contribution in [3.8, 4) is 0 Å². The van der Waals surface area contributed by atoms with E-state index in [2.05, 4.69) is 15.6 Å². The standard InChI is InChI=1S/C15H24ClN3O3S.HI/c1-3-17-15(18-7-8-22-9-10-23(2,20)21)19-12-13-5-4-6-14(16)11-13;/h4-6,11H,3,7-10,12H2,1-2H3,(H2,17,18,19);1H. The molecule has 0 radical (unpaired) electrons. The van der Waals surface area contributed by atoms with Gasteiger partial charge in [-0.3, -0.25) is 0 Å². The molecule has 1 aromatic rings. The van der Waals surface area contributed by atoms with Crippen LogP contribution < -0.4 is 10.6 Å². The molecule has 138 valence electrons. The summed E-state index contributed by atoms with van der Waals surface area (Å²) in [5.74, 6) is 0.717. The molecule has 0 unspecified atom stereocenters. The molecule has 9 heteroatoms. The Morgan fingerprint density at radius 2 is 2.04 bits per heavy atom. The van der Waals surface area contributed by atoms with E-state index in [-0.39, 0.29) is 36.3 Å². The predicted octanol–water partition coefficient (Wildman–Crippen LogP) is 2.07. The Balaban J connectivity index is 0.00000529. The number of nitrogens with zero attached hydrogens (tertiary/aromatic N) is 1. The van der Waals surface area contributed by atoms with E-state index in [0.717, 1.165) is 12.1 Å². The van der Waals surface area contributed by atoms with Gasteiger partial charge in [0.1, 0.15) is 9.84 Å². The molecule has 0 aliphatic rings. The minimum Gasteiger partial charge on any atom is -0.379 e. The smallest absolute Gasteiger partial charge is 0.191 e. The number of hydrogen-bond donors (Lipinski definition) is 2. The summed E-state index contributed by atoms with van der Waals surface area (Å²) in [7, 11) is -2.97. The third kappa shape index (κ3) is 11.9. The van der Waals surface area contributed by atoms with Crippen LogP contribution in [-0.4, -0.2) is 52.7 Å². The average Bonchev–Trinajstić information content (AvgIpc) is 2.47. The van der Waals surface area contributed by atoms with Crippen molar-refractivity contribution in [3.05, 3.63) is 34.9 Å². The van der Waals surface area contributed by atoms with Gasteiger partial charge in [0.25, 0.3) is 0 Å². The minimum atomic E-state index is -2.97. The van der Waals surface area contributed by atoms with Crippen molar-refractivity contribution in [3.63, 3.8) is 0 Å². The van der Waals surface area contributed by atoms with Crippen molar-refractivity contribution in [1.82, 2.24) is 10.6 Å². The van der Waals surface area contributed by atoms with E-state index in [1.54, 1.807) is 0 Å². The van der Waals surface area contributed by atoms with Gasteiger partial charge in [-0.15, -0.1) is 24.0 Å². The first-order valence-corrected chi connectivity index (χ1v) is 9.86. The van der Waals surface area contributed by atoms with E-state index >= 15 is 0 Å². The van der Waals surface area contributed by atoms with Crippen molar-refractivity contribution < 1.29 is 13.2 Å². The SMILES string of the molecule is CCNC(=NCc1cccc(Cl)c1)NCCOCCS(C)(=O)=O.I. The van der Waals surface area contributed by atoms with Crippen molar-refractivity contribution in [2.75, 3.05) is 38.3 Å². The lowest BCUT2D eigenvalue weighted by Crippen LogP contribution is -2.39. The van der Waals surface area contributed by atoms with Crippen LogP contribution in [0.3, 0.4) is 0 Å². The molecule has 0 saturated carbocycles. The summed E-state index contributed by atoms with van der Waals surface area (Å²) in [4.78, 5) is 4.47. The van der Waals surface area contributed by atoms with E-state index in [0.29, 0.717) is 30.7 Å². The number of rotatable bonds is 9. The molecule has 0 aliphatic heterocycles. The summed E-state index contributed by atoms with van der Waals surface area (Å²) in [6.45, 7) is 4.42. The van der Waals surface area contributed by atoms with Crippen LogP contribution in [0, 0.1) is 0 Å². The molecule has 0 atom stereocenters. The largest absolute Gasteiger partial charge is 0.379 e. The fourth-order valence-corrected chi connectivity index (χ4v) is 2.33. The van der Waals surface area contributed by atoms with Crippen LogP contribution in [0.15, 0.2) is 29.3 Å². The van der Waals surface area contributed by atoms with Gasteiger partial charge in [0, 0.05) is 24.4 Å². The number of halogens is 2. The highest BCUT2D eigenvalue weighted by Crippen LogP contribution is 2.11. The summed E-state index contributed by atoms with van der Waals surface area (Å²) < 4.78 is 27.2. The highest BCUT2D eigenvalue weighted by atomic mass is 127. The fourth-order valence-electron chi connectivity index (χ4n) is 1.70. The molecule has 1 rings (SSSR count). The molecule has 0 bridgehead atoms. The molecule has 1 aromatic carbocycles.